The van der Waals surface area contributed by atoms with E-state index < -0.39 is 0 Å². The molecule has 1 aromatic carbocycles. The number of amides is 1. The van der Waals surface area contributed by atoms with Crippen molar-refractivity contribution in [3.63, 3.8) is 0 Å². The fraction of sp³-hybridized carbons (Fsp3) is 0.333. The van der Waals surface area contributed by atoms with Crippen LogP contribution in [0.5, 0.6) is 0 Å². The first kappa shape index (κ1) is 18.7. The number of rotatable bonds is 3. The molecule has 120 valence electrons. The van der Waals surface area contributed by atoms with Gasteiger partial charge in [-0.15, -0.1) is 36.2 Å². The second-order valence-electron chi connectivity index (χ2n) is 4.92. The third kappa shape index (κ3) is 3.91. The molecule has 0 fully saturated rings. The SMILES string of the molecule is Cl.Cl.Nc1cccc2c1CCCN2C(=O)CCc1nccs1. The molecular formula is C15H19Cl2N3OS. The highest BCUT2D eigenvalue weighted by atomic mass is 35.5. The van der Waals surface area contributed by atoms with E-state index in [-0.39, 0.29) is 30.7 Å². The largest absolute Gasteiger partial charge is 0.398 e. The van der Waals surface area contributed by atoms with Gasteiger partial charge in [-0.2, -0.15) is 0 Å². The van der Waals surface area contributed by atoms with Crippen molar-refractivity contribution in [1.82, 2.24) is 4.98 Å². The lowest BCUT2D eigenvalue weighted by molar-refractivity contribution is -0.118. The minimum absolute atomic E-state index is 0. The van der Waals surface area contributed by atoms with Crippen molar-refractivity contribution in [1.29, 1.82) is 0 Å². The van der Waals surface area contributed by atoms with E-state index in [1.165, 1.54) is 0 Å². The lowest BCUT2D eigenvalue weighted by Crippen LogP contribution is -2.35. The molecule has 4 nitrogen and oxygen atoms in total. The van der Waals surface area contributed by atoms with Crippen LogP contribution in [-0.2, 0) is 17.6 Å². The number of carbonyl (C=O) groups is 1. The number of hydrogen-bond donors (Lipinski definition) is 1. The number of benzene rings is 1. The summed E-state index contributed by atoms with van der Waals surface area (Å²) in [5.74, 6) is 0.159. The van der Waals surface area contributed by atoms with Crippen molar-refractivity contribution in [3.05, 3.63) is 40.3 Å². The monoisotopic (exact) mass is 359 g/mol. The molecule has 22 heavy (non-hydrogen) atoms. The smallest absolute Gasteiger partial charge is 0.227 e. The molecule has 3 rings (SSSR count). The van der Waals surface area contributed by atoms with Crippen molar-refractivity contribution in [2.24, 2.45) is 0 Å². The van der Waals surface area contributed by atoms with Gasteiger partial charge in [0.05, 0.1) is 5.01 Å². The molecule has 1 aliphatic rings. The number of fused-ring (bicyclic) bond motifs is 1. The highest BCUT2D eigenvalue weighted by Crippen LogP contribution is 2.31. The molecule has 1 amide bonds. The molecule has 2 aromatic rings. The van der Waals surface area contributed by atoms with Gasteiger partial charge in [0.2, 0.25) is 5.91 Å². The van der Waals surface area contributed by atoms with Crippen molar-refractivity contribution in [2.45, 2.75) is 25.7 Å². The molecule has 0 saturated carbocycles. The molecule has 1 aromatic heterocycles. The molecule has 0 radical (unpaired) electrons. The quantitative estimate of drug-likeness (QED) is 0.853. The second-order valence-corrected chi connectivity index (χ2v) is 5.90. The molecular weight excluding hydrogens is 341 g/mol. The first-order valence-corrected chi connectivity index (χ1v) is 7.70. The lowest BCUT2D eigenvalue weighted by Gasteiger charge is -2.30. The topological polar surface area (TPSA) is 59.2 Å². The maximum atomic E-state index is 12.4. The summed E-state index contributed by atoms with van der Waals surface area (Å²) in [5, 5.41) is 2.96. The molecule has 0 bridgehead atoms. The van der Waals surface area contributed by atoms with Gasteiger partial charge in [-0.3, -0.25) is 4.79 Å². The molecule has 0 aliphatic carbocycles. The zero-order valence-electron chi connectivity index (χ0n) is 12.0. The first-order chi connectivity index (χ1) is 9.75. The molecule has 2 N–H and O–H groups in total. The third-order valence-corrected chi connectivity index (χ3v) is 4.46. The fourth-order valence-electron chi connectivity index (χ4n) is 2.64. The lowest BCUT2D eigenvalue weighted by atomic mass is 9.99. The van der Waals surface area contributed by atoms with E-state index in [1.807, 2.05) is 28.5 Å². The van der Waals surface area contributed by atoms with Gasteiger partial charge >= 0.3 is 0 Å². The van der Waals surface area contributed by atoms with Crippen LogP contribution in [0.4, 0.5) is 11.4 Å². The zero-order valence-corrected chi connectivity index (χ0v) is 14.5. The predicted molar refractivity (Wildman–Crippen MR) is 96.5 cm³/mol. The van der Waals surface area contributed by atoms with E-state index in [2.05, 4.69) is 4.98 Å². The second kappa shape index (κ2) is 8.36. The minimum Gasteiger partial charge on any atom is -0.398 e. The number of aromatic nitrogens is 1. The molecule has 0 saturated heterocycles. The van der Waals surface area contributed by atoms with Crippen LogP contribution in [-0.4, -0.2) is 17.4 Å². The number of aryl methyl sites for hydroxylation is 1. The summed E-state index contributed by atoms with van der Waals surface area (Å²) in [6.07, 6.45) is 4.93. The van der Waals surface area contributed by atoms with Crippen LogP contribution in [0.2, 0.25) is 0 Å². The van der Waals surface area contributed by atoms with Gasteiger partial charge < -0.3 is 10.6 Å². The Morgan fingerprint density at radius 1 is 1.36 bits per heavy atom. The van der Waals surface area contributed by atoms with Crippen molar-refractivity contribution >= 4 is 53.4 Å². The van der Waals surface area contributed by atoms with Gasteiger partial charge in [0, 0.05) is 42.3 Å². The maximum absolute atomic E-state index is 12.4. The van der Waals surface area contributed by atoms with E-state index >= 15 is 0 Å². The van der Waals surface area contributed by atoms with Crippen molar-refractivity contribution in [3.8, 4) is 0 Å². The van der Waals surface area contributed by atoms with Crippen LogP contribution in [0.15, 0.2) is 29.8 Å². The van der Waals surface area contributed by atoms with Gasteiger partial charge in [-0.1, -0.05) is 6.07 Å². The number of anilines is 2. The van der Waals surface area contributed by atoms with Crippen LogP contribution in [0.1, 0.15) is 23.4 Å². The number of carbonyl (C=O) groups excluding carboxylic acids is 1. The fourth-order valence-corrected chi connectivity index (χ4v) is 3.26. The molecule has 1 aliphatic heterocycles. The van der Waals surface area contributed by atoms with E-state index in [0.29, 0.717) is 12.8 Å². The van der Waals surface area contributed by atoms with Gasteiger partial charge in [-0.25, -0.2) is 4.98 Å². The van der Waals surface area contributed by atoms with Crippen LogP contribution in [0.25, 0.3) is 0 Å². The third-order valence-electron chi connectivity index (χ3n) is 3.62. The number of halogens is 2. The Hall–Kier alpha value is -1.30. The Kier molecular flexibility index (Phi) is 7.13. The highest BCUT2D eigenvalue weighted by Gasteiger charge is 2.23. The zero-order chi connectivity index (χ0) is 13.9. The van der Waals surface area contributed by atoms with Crippen LogP contribution < -0.4 is 10.6 Å². The summed E-state index contributed by atoms with van der Waals surface area (Å²) in [4.78, 5) is 18.5. The Balaban J connectivity index is 0.00000121. The number of nitrogens with two attached hydrogens (primary N) is 1. The minimum atomic E-state index is 0. The van der Waals surface area contributed by atoms with E-state index in [1.54, 1.807) is 17.5 Å². The Morgan fingerprint density at radius 2 is 2.18 bits per heavy atom. The summed E-state index contributed by atoms with van der Waals surface area (Å²) < 4.78 is 0. The van der Waals surface area contributed by atoms with Gasteiger partial charge in [0.1, 0.15) is 0 Å². The van der Waals surface area contributed by atoms with Crippen LogP contribution in [0, 0.1) is 0 Å². The molecule has 0 atom stereocenters. The van der Waals surface area contributed by atoms with Gasteiger partial charge in [0.25, 0.3) is 0 Å². The maximum Gasteiger partial charge on any atom is 0.227 e. The summed E-state index contributed by atoms with van der Waals surface area (Å²) >= 11 is 1.60. The Bertz CT molecular complexity index is 619. The highest BCUT2D eigenvalue weighted by molar-refractivity contribution is 7.09. The van der Waals surface area contributed by atoms with E-state index in [0.717, 1.165) is 41.3 Å². The molecule has 0 unspecified atom stereocenters. The first-order valence-electron chi connectivity index (χ1n) is 6.82. The Morgan fingerprint density at radius 3 is 2.91 bits per heavy atom. The predicted octanol–water partition coefficient (Wildman–Crippen LogP) is 3.48. The molecule has 0 spiro atoms. The number of nitrogen functional groups attached to an aromatic ring is 1. The standard InChI is InChI=1S/C15H17N3OS.2ClH/c16-12-4-1-5-13-11(12)3-2-9-18(13)15(19)7-6-14-17-8-10-20-14;;/h1,4-5,8,10H,2-3,6-7,9,16H2;2*1H. The van der Waals surface area contributed by atoms with Crippen molar-refractivity contribution in [2.75, 3.05) is 17.2 Å². The van der Waals surface area contributed by atoms with E-state index in [9.17, 15) is 4.79 Å². The van der Waals surface area contributed by atoms with Gasteiger partial charge in [0.15, 0.2) is 0 Å². The Labute approximate surface area is 146 Å². The average Bonchev–Trinajstić information content (AvgIpc) is 2.98. The van der Waals surface area contributed by atoms with E-state index in [4.69, 9.17) is 5.73 Å². The number of nitrogens with zero attached hydrogens (tertiary/aromatic N) is 2. The average molecular weight is 360 g/mol. The van der Waals surface area contributed by atoms with Crippen molar-refractivity contribution < 1.29 is 4.79 Å². The molecule has 7 heteroatoms. The summed E-state index contributed by atoms with van der Waals surface area (Å²) in [6.45, 7) is 0.785. The number of thiazole rings is 1. The van der Waals surface area contributed by atoms with Crippen LogP contribution >= 0.6 is 36.2 Å². The summed E-state index contributed by atoms with van der Waals surface area (Å²) in [6, 6.07) is 5.81. The van der Waals surface area contributed by atoms with Crippen LogP contribution in [0.3, 0.4) is 0 Å². The summed E-state index contributed by atoms with van der Waals surface area (Å²) in [7, 11) is 0. The molecule has 2 heterocycles. The summed E-state index contributed by atoms with van der Waals surface area (Å²) in [5.41, 5.74) is 8.90. The normalized spacial score (nSPS) is 12.8. The number of hydrogen-bond acceptors (Lipinski definition) is 4. The van der Waals surface area contributed by atoms with Gasteiger partial charge in [-0.05, 0) is 30.5 Å².